The summed E-state index contributed by atoms with van der Waals surface area (Å²) in [7, 11) is 0. The van der Waals surface area contributed by atoms with Gasteiger partial charge in [0.05, 0.1) is 6.61 Å². The van der Waals surface area contributed by atoms with Crippen LogP contribution in [-0.4, -0.2) is 25.8 Å². The lowest BCUT2D eigenvalue weighted by Crippen LogP contribution is -2.41. The second kappa shape index (κ2) is 6.39. The predicted octanol–water partition coefficient (Wildman–Crippen LogP) is 2.19. The van der Waals surface area contributed by atoms with Gasteiger partial charge in [-0.05, 0) is 25.2 Å². The minimum atomic E-state index is 0.782. The molecule has 1 N–H and O–H groups in total. The van der Waals surface area contributed by atoms with Gasteiger partial charge in [-0.2, -0.15) is 0 Å². The first-order chi connectivity index (χ1) is 6.33. The van der Waals surface area contributed by atoms with E-state index in [1.54, 1.807) is 0 Å². The first kappa shape index (κ1) is 11.0. The maximum atomic E-state index is 5.46. The SMILES string of the molecule is CCCCOCCNC1CC(C)C1. The van der Waals surface area contributed by atoms with Gasteiger partial charge in [-0.25, -0.2) is 0 Å². The van der Waals surface area contributed by atoms with Crippen LogP contribution in [0.25, 0.3) is 0 Å². The van der Waals surface area contributed by atoms with Crippen LogP contribution >= 0.6 is 0 Å². The lowest BCUT2D eigenvalue weighted by molar-refractivity contribution is 0.123. The third-order valence-electron chi connectivity index (χ3n) is 2.70. The van der Waals surface area contributed by atoms with E-state index in [9.17, 15) is 0 Å². The molecule has 13 heavy (non-hydrogen) atoms. The van der Waals surface area contributed by atoms with E-state index in [1.807, 2.05) is 0 Å². The zero-order valence-electron chi connectivity index (χ0n) is 9.01. The Labute approximate surface area is 82.0 Å². The molecule has 2 nitrogen and oxygen atoms in total. The Morgan fingerprint density at radius 3 is 2.69 bits per heavy atom. The summed E-state index contributed by atoms with van der Waals surface area (Å²) in [5.74, 6) is 0.943. The van der Waals surface area contributed by atoms with Crippen molar-refractivity contribution in [2.24, 2.45) is 5.92 Å². The normalized spacial score (nSPS) is 27.2. The predicted molar refractivity (Wildman–Crippen MR) is 55.9 cm³/mol. The molecule has 0 unspecified atom stereocenters. The van der Waals surface area contributed by atoms with E-state index < -0.39 is 0 Å². The fourth-order valence-electron chi connectivity index (χ4n) is 1.75. The van der Waals surface area contributed by atoms with Gasteiger partial charge in [-0.15, -0.1) is 0 Å². The number of unbranched alkanes of at least 4 members (excludes halogenated alkanes) is 1. The first-order valence-electron chi connectivity index (χ1n) is 5.64. The smallest absolute Gasteiger partial charge is 0.0590 e. The molecular formula is C11H23NO. The van der Waals surface area contributed by atoms with Crippen LogP contribution in [0.4, 0.5) is 0 Å². The molecule has 0 bridgehead atoms. The van der Waals surface area contributed by atoms with Gasteiger partial charge in [0.2, 0.25) is 0 Å². The Bertz CT molecular complexity index is 121. The fraction of sp³-hybridized carbons (Fsp3) is 1.00. The van der Waals surface area contributed by atoms with Crippen LogP contribution in [0.15, 0.2) is 0 Å². The van der Waals surface area contributed by atoms with Crippen LogP contribution in [0, 0.1) is 5.92 Å². The lowest BCUT2D eigenvalue weighted by Gasteiger charge is -2.33. The third-order valence-corrected chi connectivity index (χ3v) is 2.70. The number of nitrogens with one attached hydrogen (secondary N) is 1. The molecular weight excluding hydrogens is 162 g/mol. The van der Waals surface area contributed by atoms with Crippen molar-refractivity contribution in [3.05, 3.63) is 0 Å². The van der Waals surface area contributed by atoms with Crippen molar-refractivity contribution in [3.63, 3.8) is 0 Å². The number of hydrogen-bond acceptors (Lipinski definition) is 2. The van der Waals surface area contributed by atoms with Crippen LogP contribution in [-0.2, 0) is 4.74 Å². The highest BCUT2D eigenvalue weighted by Crippen LogP contribution is 2.25. The molecule has 0 saturated heterocycles. The zero-order chi connectivity index (χ0) is 9.52. The quantitative estimate of drug-likeness (QED) is 0.614. The third kappa shape index (κ3) is 4.63. The van der Waals surface area contributed by atoms with E-state index in [2.05, 4.69) is 19.2 Å². The van der Waals surface area contributed by atoms with Gasteiger partial charge < -0.3 is 10.1 Å². The van der Waals surface area contributed by atoms with E-state index in [4.69, 9.17) is 4.74 Å². The molecule has 1 aliphatic rings. The standard InChI is InChI=1S/C11H23NO/c1-3-4-6-13-7-5-12-11-8-10(2)9-11/h10-12H,3-9H2,1-2H3. The Hall–Kier alpha value is -0.0800. The van der Waals surface area contributed by atoms with E-state index in [0.29, 0.717) is 0 Å². The summed E-state index contributed by atoms with van der Waals surface area (Å²) in [5.41, 5.74) is 0. The second-order valence-corrected chi connectivity index (χ2v) is 4.19. The van der Waals surface area contributed by atoms with E-state index >= 15 is 0 Å². The fourth-order valence-corrected chi connectivity index (χ4v) is 1.75. The van der Waals surface area contributed by atoms with E-state index in [1.165, 1.54) is 25.7 Å². The van der Waals surface area contributed by atoms with Crippen LogP contribution in [0.3, 0.4) is 0 Å². The molecule has 0 spiro atoms. The van der Waals surface area contributed by atoms with Gasteiger partial charge in [-0.1, -0.05) is 20.3 Å². The number of ether oxygens (including phenoxy) is 1. The molecule has 0 heterocycles. The summed E-state index contributed by atoms with van der Waals surface area (Å²) >= 11 is 0. The average molecular weight is 185 g/mol. The van der Waals surface area contributed by atoms with Gasteiger partial charge >= 0.3 is 0 Å². The summed E-state index contributed by atoms with van der Waals surface area (Å²) in [6.45, 7) is 7.35. The minimum Gasteiger partial charge on any atom is -0.380 e. The molecule has 0 amide bonds. The zero-order valence-corrected chi connectivity index (χ0v) is 9.01. The number of hydrogen-bond donors (Lipinski definition) is 1. The van der Waals surface area contributed by atoms with Gasteiger partial charge in [0, 0.05) is 19.2 Å². The Kier molecular flexibility index (Phi) is 5.40. The van der Waals surface area contributed by atoms with Crippen molar-refractivity contribution in [1.82, 2.24) is 5.32 Å². The van der Waals surface area contributed by atoms with Crippen LogP contribution < -0.4 is 5.32 Å². The average Bonchev–Trinajstić information content (AvgIpc) is 2.07. The molecule has 0 aliphatic heterocycles. The summed E-state index contributed by atoms with van der Waals surface area (Å²) in [6, 6.07) is 0.782. The Morgan fingerprint density at radius 2 is 2.08 bits per heavy atom. The summed E-state index contributed by atoms with van der Waals surface area (Å²) in [5, 5.41) is 3.50. The topological polar surface area (TPSA) is 21.3 Å². The molecule has 1 saturated carbocycles. The Balaban J connectivity index is 1.74. The maximum Gasteiger partial charge on any atom is 0.0590 e. The van der Waals surface area contributed by atoms with Gasteiger partial charge in [-0.3, -0.25) is 0 Å². The van der Waals surface area contributed by atoms with E-state index in [-0.39, 0.29) is 0 Å². The molecule has 0 aromatic heterocycles. The molecule has 0 atom stereocenters. The summed E-state index contributed by atoms with van der Waals surface area (Å²) in [6.07, 6.45) is 5.14. The van der Waals surface area contributed by atoms with Crippen LogP contribution in [0.5, 0.6) is 0 Å². The van der Waals surface area contributed by atoms with Crippen molar-refractivity contribution in [2.75, 3.05) is 19.8 Å². The molecule has 1 aliphatic carbocycles. The molecule has 78 valence electrons. The highest BCUT2D eigenvalue weighted by molar-refractivity contribution is 4.81. The minimum absolute atomic E-state index is 0.782. The number of rotatable bonds is 7. The molecule has 0 aromatic carbocycles. The molecule has 1 fully saturated rings. The largest absolute Gasteiger partial charge is 0.380 e. The van der Waals surface area contributed by atoms with Crippen molar-refractivity contribution in [3.8, 4) is 0 Å². The molecule has 0 radical (unpaired) electrons. The van der Waals surface area contributed by atoms with Crippen molar-refractivity contribution in [1.29, 1.82) is 0 Å². The highest BCUT2D eigenvalue weighted by Gasteiger charge is 2.23. The van der Waals surface area contributed by atoms with E-state index in [0.717, 1.165) is 31.7 Å². The van der Waals surface area contributed by atoms with Gasteiger partial charge in [0.15, 0.2) is 0 Å². The molecule has 2 heteroatoms. The highest BCUT2D eigenvalue weighted by atomic mass is 16.5. The summed E-state index contributed by atoms with van der Waals surface area (Å²) in [4.78, 5) is 0. The van der Waals surface area contributed by atoms with Crippen LogP contribution in [0.2, 0.25) is 0 Å². The van der Waals surface area contributed by atoms with Crippen molar-refractivity contribution >= 4 is 0 Å². The lowest BCUT2D eigenvalue weighted by atomic mass is 9.82. The van der Waals surface area contributed by atoms with Crippen LogP contribution in [0.1, 0.15) is 39.5 Å². The summed E-state index contributed by atoms with van der Waals surface area (Å²) < 4.78 is 5.46. The second-order valence-electron chi connectivity index (χ2n) is 4.19. The first-order valence-corrected chi connectivity index (χ1v) is 5.64. The monoisotopic (exact) mass is 185 g/mol. The van der Waals surface area contributed by atoms with Gasteiger partial charge in [0.1, 0.15) is 0 Å². The van der Waals surface area contributed by atoms with Crippen molar-refractivity contribution < 1.29 is 4.74 Å². The van der Waals surface area contributed by atoms with Gasteiger partial charge in [0.25, 0.3) is 0 Å². The maximum absolute atomic E-state index is 5.46. The molecule has 0 aromatic rings. The van der Waals surface area contributed by atoms with Crippen molar-refractivity contribution in [2.45, 2.75) is 45.6 Å². The molecule has 1 rings (SSSR count). The Morgan fingerprint density at radius 1 is 1.31 bits per heavy atom.